The van der Waals surface area contributed by atoms with E-state index in [-0.39, 0.29) is 0 Å². The van der Waals surface area contributed by atoms with Crippen molar-refractivity contribution in [2.24, 2.45) is 5.73 Å². The molecule has 0 saturated heterocycles. The van der Waals surface area contributed by atoms with Crippen LogP contribution in [0.5, 0.6) is 0 Å². The third-order valence-corrected chi connectivity index (χ3v) is 2.04. The van der Waals surface area contributed by atoms with Crippen LogP contribution >= 0.6 is 0 Å². The monoisotopic (exact) mass is 222 g/mol. The second-order valence-corrected chi connectivity index (χ2v) is 3.46. The number of hydroxylamine groups is 1. The molecule has 1 atom stereocenters. The van der Waals surface area contributed by atoms with E-state index >= 15 is 0 Å². The Labute approximate surface area is 93.5 Å². The van der Waals surface area contributed by atoms with Crippen molar-refractivity contribution in [3.8, 4) is 0 Å². The van der Waals surface area contributed by atoms with E-state index in [1.54, 1.807) is 12.1 Å². The summed E-state index contributed by atoms with van der Waals surface area (Å²) in [6.07, 6.45) is -0.852. The first-order valence-corrected chi connectivity index (χ1v) is 4.82. The number of benzene rings is 1. The van der Waals surface area contributed by atoms with Gasteiger partial charge in [0, 0.05) is 5.56 Å². The normalized spacial score (nSPS) is 11.9. The quantitative estimate of drug-likeness (QED) is 0.729. The van der Waals surface area contributed by atoms with Gasteiger partial charge in [0.15, 0.2) is 6.10 Å². The summed E-state index contributed by atoms with van der Waals surface area (Å²) < 4.78 is 0. The predicted molar refractivity (Wildman–Crippen MR) is 58.4 cm³/mol. The van der Waals surface area contributed by atoms with E-state index in [1.165, 1.54) is 6.92 Å². The Morgan fingerprint density at radius 2 is 1.88 bits per heavy atom. The highest BCUT2D eigenvalue weighted by molar-refractivity contribution is 5.93. The lowest BCUT2D eigenvalue weighted by molar-refractivity contribution is -0.131. The smallest absolute Gasteiger partial charge is 0.274 e. The van der Waals surface area contributed by atoms with Gasteiger partial charge in [-0.2, -0.15) is 0 Å². The molecule has 0 fully saturated rings. The van der Waals surface area contributed by atoms with Gasteiger partial charge in [0.05, 0.1) is 0 Å². The van der Waals surface area contributed by atoms with Gasteiger partial charge >= 0.3 is 0 Å². The van der Waals surface area contributed by atoms with Crippen molar-refractivity contribution in [3.05, 3.63) is 35.4 Å². The minimum Gasteiger partial charge on any atom is -0.367 e. The summed E-state index contributed by atoms with van der Waals surface area (Å²) in [5.41, 5.74) is 8.64. The van der Waals surface area contributed by atoms with Crippen LogP contribution in [0, 0.1) is 6.92 Å². The molecule has 5 nitrogen and oxygen atoms in total. The van der Waals surface area contributed by atoms with Gasteiger partial charge in [-0.05, 0) is 26.0 Å². The lowest BCUT2D eigenvalue weighted by Gasteiger charge is -2.09. The highest BCUT2D eigenvalue weighted by Crippen LogP contribution is 2.02. The number of hydrogen-bond donors (Lipinski definition) is 2. The molecule has 0 aliphatic heterocycles. The fourth-order valence-electron chi connectivity index (χ4n) is 0.964. The number of hydrogen-bond acceptors (Lipinski definition) is 3. The molecule has 16 heavy (non-hydrogen) atoms. The zero-order valence-corrected chi connectivity index (χ0v) is 9.19. The van der Waals surface area contributed by atoms with E-state index in [0.29, 0.717) is 5.56 Å². The minimum absolute atomic E-state index is 0.409. The van der Waals surface area contributed by atoms with Crippen LogP contribution in [0.4, 0.5) is 0 Å². The van der Waals surface area contributed by atoms with Gasteiger partial charge in [-0.15, -0.1) is 0 Å². The molecule has 0 saturated carbocycles. The Balaban J connectivity index is 2.53. The molecule has 2 amide bonds. The molecule has 5 heteroatoms. The summed E-state index contributed by atoms with van der Waals surface area (Å²) in [5, 5.41) is 0. The number of nitrogens with one attached hydrogen (secondary N) is 1. The Morgan fingerprint density at radius 1 is 1.31 bits per heavy atom. The molecule has 3 N–H and O–H groups in total. The summed E-state index contributed by atoms with van der Waals surface area (Å²) >= 11 is 0. The van der Waals surface area contributed by atoms with Gasteiger partial charge in [0.1, 0.15) is 0 Å². The molecule has 0 aromatic heterocycles. The molecular formula is C11H14N2O3. The van der Waals surface area contributed by atoms with Crippen molar-refractivity contribution < 1.29 is 14.4 Å². The van der Waals surface area contributed by atoms with Crippen molar-refractivity contribution in [2.45, 2.75) is 20.0 Å². The zero-order valence-electron chi connectivity index (χ0n) is 9.19. The van der Waals surface area contributed by atoms with E-state index in [4.69, 9.17) is 10.6 Å². The third-order valence-electron chi connectivity index (χ3n) is 2.04. The first-order chi connectivity index (χ1) is 7.50. The number of amides is 2. The fourth-order valence-corrected chi connectivity index (χ4v) is 0.964. The maximum absolute atomic E-state index is 11.5. The predicted octanol–water partition coefficient (Wildman–Crippen LogP) is 0.530. The van der Waals surface area contributed by atoms with Gasteiger partial charge < -0.3 is 5.73 Å². The van der Waals surface area contributed by atoms with Crippen LogP contribution in [0.1, 0.15) is 22.8 Å². The minimum atomic E-state index is -0.852. The van der Waals surface area contributed by atoms with Gasteiger partial charge in [-0.25, -0.2) is 5.48 Å². The first kappa shape index (κ1) is 12.2. The molecule has 0 radical (unpaired) electrons. The third kappa shape index (κ3) is 3.36. The van der Waals surface area contributed by atoms with E-state index in [0.717, 1.165) is 5.56 Å². The average molecular weight is 222 g/mol. The average Bonchev–Trinajstić information content (AvgIpc) is 2.26. The summed E-state index contributed by atoms with van der Waals surface area (Å²) in [5.74, 6) is -1.04. The Hall–Kier alpha value is -1.88. The summed E-state index contributed by atoms with van der Waals surface area (Å²) in [7, 11) is 0. The SMILES string of the molecule is Cc1ccc(C(=O)NOC(C)C(N)=O)cc1. The summed E-state index contributed by atoms with van der Waals surface area (Å²) in [6, 6.07) is 6.96. The van der Waals surface area contributed by atoms with Crippen molar-refractivity contribution in [3.63, 3.8) is 0 Å². The molecule has 0 aliphatic rings. The molecule has 1 aromatic carbocycles. The number of aryl methyl sites for hydroxylation is 1. The second kappa shape index (κ2) is 5.27. The molecule has 86 valence electrons. The number of primary amides is 1. The van der Waals surface area contributed by atoms with Crippen LogP contribution in [0.15, 0.2) is 24.3 Å². The summed E-state index contributed by atoms with van der Waals surface area (Å²) in [6.45, 7) is 3.38. The van der Waals surface area contributed by atoms with Crippen LogP contribution in [0.3, 0.4) is 0 Å². The van der Waals surface area contributed by atoms with Crippen molar-refractivity contribution >= 4 is 11.8 Å². The molecule has 1 unspecified atom stereocenters. The lowest BCUT2D eigenvalue weighted by atomic mass is 10.1. The zero-order chi connectivity index (χ0) is 12.1. The van der Waals surface area contributed by atoms with Crippen LogP contribution < -0.4 is 11.2 Å². The number of carbonyl (C=O) groups excluding carboxylic acids is 2. The largest absolute Gasteiger partial charge is 0.367 e. The Morgan fingerprint density at radius 3 is 2.38 bits per heavy atom. The van der Waals surface area contributed by atoms with Crippen LogP contribution in [0.2, 0.25) is 0 Å². The van der Waals surface area contributed by atoms with Crippen molar-refractivity contribution in [1.29, 1.82) is 0 Å². The van der Waals surface area contributed by atoms with Crippen LogP contribution in [-0.4, -0.2) is 17.9 Å². The molecule has 0 aliphatic carbocycles. The van der Waals surface area contributed by atoms with Gasteiger partial charge in [-0.3, -0.25) is 14.4 Å². The molecule has 0 spiro atoms. The van der Waals surface area contributed by atoms with Crippen molar-refractivity contribution in [2.75, 3.05) is 0 Å². The van der Waals surface area contributed by atoms with E-state index in [9.17, 15) is 9.59 Å². The van der Waals surface area contributed by atoms with Crippen LogP contribution in [0.25, 0.3) is 0 Å². The van der Waals surface area contributed by atoms with Gasteiger partial charge in [0.25, 0.3) is 5.91 Å². The van der Waals surface area contributed by atoms with E-state index in [2.05, 4.69) is 5.48 Å². The molecule has 1 aromatic rings. The van der Waals surface area contributed by atoms with Crippen molar-refractivity contribution in [1.82, 2.24) is 5.48 Å². The Kier molecular flexibility index (Phi) is 4.02. The topological polar surface area (TPSA) is 81.4 Å². The first-order valence-electron chi connectivity index (χ1n) is 4.82. The maximum atomic E-state index is 11.5. The maximum Gasteiger partial charge on any atom is 0.274 e. The number of rotatable bonds is 4. The number of nitrogens with two attached hydrogens (primary N) is 1. The second-order valence-electron chi connectivity index (χ2n) is 3.46. The van der Waals surface area contributed by atoms with Gasteiger partial charge in [-0.1, -0.05) is 17.7 Å². The molecular weight excluding hydrogens is 208 g/mol. The number of carbonyl (C=O) groups is 2. The molecule has 0 bridgehead atoms. The molecule has 1 rings (SSSR count). The highest BCUT2D eigenvalue weighted by atomic mass is 16.7. The Bertz CT molecular complexity index is 387. The lowest BCUT2D eigenvalue weighted by Crippen LogP contribution is -2.36. The van der Waals surface area contributed by atoms with Gasteiger partial charge in [0.2, 0.25) is 5.91 Å². The van der Waals surface area contributed by atoms with E-state index in [1.807, 2.05) is 19.1 Å². The standard InChI is InChI=1S/C11H14N2O3/c1-7-3-5-9(6-4-7)11(15)13-16-8(2)10(12)14/h3-6,8H,1-2H3,(H2,12,14)(H,13,15). The highest BCUT2D eigenvalue weighted by Gasteiger charge is 2.11. The van der Waals surface area contributed by atoms with Crippen LogP contribution in [-0.2, 0) is 9.63 Å². The van der Waals surface area contributed by atoms with E-state index < -0.39 is 17.9 Å². The summed E-state index contributed by atoms with van der Waals surface area (Å²) in [4.78, 5) is 26.9. The fraction of sp³-hybridized carbons (Fsp3) is 0.273. The molecule has 0 heterocycles.